The van der Waals surface area contributed by atoms with Gasteiger partial charge in [0.15, 0.2) is 16.6 Å². The van der Waals surface area contributed by atoms with Crippen LogP contribution in [0.25, 0.3) is 6.08 Å². The Labute approximate surface area is 218 Å². The molecule has 3 aromatic rings. The highest BCUT2D eigenvalue weighted by atomic mass is 35.5. The zero-order chi connectivity index (χ0) is 25.1. The van der Waals surface area contributed by atoms with Crippen molar-refractivity contribution in [2.75, 3.05) is 19.1 Å². The maximum absolute atomic E-state index is 13.6. The molecule has 1 heterocycles. The minimum Gasteiger partial charge on any atom is -0.493 e. The van der Waals surface area contributed by atoms with Crippen LogP contribution in [0.1, 0.15) is 11.1 Å². The molecule has 4 rings (SSSR count). The molecule has 0 aromatic heterocycles. The fraction of sp³-hybridized carbons (Fsp3) is 0.115. The largest absolute Gasteiger partial charge is 0.493 e. The molecule has 1 aliphatic heterocycles. The van der Waals surface area contributed by atoms with Crippen molar-refractivity contribution in [3.05, 3.63) is 93.5 Å². The summed E-state index contributed by atoms with van der Waals surface area (Å²) in [5, 5.41) is 0.921. The van der Waals surface area contributed by atoms with Gasteiger partial charge in [0.2, 0.25) is 0 Å². The van der Waals surface area contributed by atoms with Crippen LogP contribution in [0.3, 0.4) is 0 Å². The predicted octanol–water partition coefficient (Wildman–Crippen LogP) is 5.75. The second-order valence-electron chi connectivity index (χ2n) is 7.56. The van der Waals surface area contributed by atoms with Crippen LogP contribution in [0.2, 0.25) is 10.0 Å². The van der Waals surface area contributed by atoms with Gasteiger partial charge in [0, 0.05) is 10.0 Å². The lowest BCUT2D eigenvalue weighted by Crippen LogP contribution is -2.56. The molecule has 178 valence electrons. The molecule has 1 aliphatic rings. The number of halogens is 2. The Kier molecular flexibility index (Phi) is 7.40. The number of hydrogen-bond acceptors (Lipinski definition) is 5. The second kappa shape index (κ2) is 10.5. The Morgan fingerprint density at radius 2 is 1.60 bits per heavy atom. The highest BCUT2D eigenvalue weighted by molar-refractivity contribution is 7.80. The zero-order valence-corrected chi connectivity index (χ0v) is 21.2. The summed E-state index contributed by atoms with van der Waals surface area (Å²) in [7, 11) is 3.04. The van der Waals surface area contributed by atoms with Gasteiger partial charge in [0.05, 0.1) is 26.5 Å². The van der Waals surface area contributed by atoms with Gasteiger partial charge in [0.1, 0.15) is 5.57 Å². The molecule has 0 aliphatic carbocycles. The SMILES string of the molecule is COc1ccc(/C=C2\C(=O)N(Cc3ccc(Cl)cc3Cl)C(=S)N(c3ccccc3)C2=O)cc1OC. The molecule has 2 amide bonds. The number of ether oxygens (including phenoxy) is 2. The van der Waals surface area contributed by atoms with Crippen LogP contribution < -0.4 is 14.4 Å². The average molecular weight is 527 g/mol. The van der Waals surface area contributed by atoms with Crippen molar-refractivity contribution >= 4 is 64.1 Å². The molecule has 0 atom stereocenters. The average Bonchev–Trinajstić information content (AvgIpc) is 2.86. The third-order valence-corrected chi connectivity index (χ3v) is 6.40. The lowest BCUT2D eigenvalue weighted by Gasteiger charge is -2.36. The Morgan fingerprint density at radius 1 is 0.886 bits per heavy atom. The number of amides is 2. The minimum absolute atomic E-state index is 0.0558. The van der Waals surface area contributed by atoms with Crippen LogP contribution in [0, 0.1) is 0 Å². The topological polar surface area (TPSA) is 59.1 Å². The molecule has 0 spiro atoms. The van der Waals surface area contributed by atoms with Gasteiger partial charge in [-0.2, -0.15) is 0 Å². The first-order valence-corrected chi connectivity index (χ1v) is 11.6. The fourth-order valence-electron chi connectivity index (χ4n) is 3.65. The van der Waals surface area contributed by atoms with Gasteiger partial charge in [-0.05, 0) is 65.8 Å². The predicted molar refractivity (Wildman–Crippen MR) is 141 cm³/mol. The van der Waals surface area contributed by atoms with Gasteiger partial charge >= 0.3 is 0 Å². The summed E-state index contributed by atoms with van der Waals surface area (Å²) in [6.45, 7) is 0.0631. The second-order valence-corrected chi connectivity index (χ2v) is 8.77. The van der Waals surface area contributed by atoms with Gasteiger partial charge in [-0.1, -0.05) is 53.5 Å². The van der Waals surface area contributed by atoms with Gasteiger partial charge in [0.25, 0.3) is 11.8 Å². The number of hydrogen-bond donors (Lipinski definition) is 0. The van der Waals surface area contributed by atoms with E-state index < -0.39 is 11.8 Å². The smallest absolute Gasteiger partial charge is 0.270 e. The first kappa shape index (κ1) is 24.7. The highest BCUT2D eigenvalue weighted by Gasteiger charge is 2.40. The molecular formula is C26H20Cl2N2O4S. The summed E-state index contributed by atoms with van der Waals surface area (Å²) in [6, 6.07) is 19.0. The summed E-state index contributed by atoms with van der Waals surface area (Å²) >= 11 is 18.0. The van der Waals surface area contributed by atoms with Gasteiger partial charge in [-0.25, -0.2) is 0 Å². The molecular weight excluding hydrogens is 507 g/mol. The van der Waals surface area contributed by atoms with Crippen LogP contribution in [0.4, 0.5) is 5.69 Å². The van der Waals surface area contributed by atoms with Crippen molar-refractivity contribution in [3.8, 4) is 11.5 Å². The number of para-hydroxylation sites is 1. The number of anilines is 1. The third kappa shape index (κ3) is 5.03. The summed E-state index contributed by atoms with van der Waals surface area (Å²) in [5.74, 6) is -0.0627. The van der Waals surface area contributed by atoms with E-state index in [-0.39, 0.29) is 17.2 Å². The van der Waals surface area contributed by atoms with E-state index in [0.717, 1.165) is 0 Å². The van der Waals surface area contributed by atoms with Crippen LogP contribution in [0.5, 0.6) is 11.5 Å². The summed E-state index contributed by atoms with van der Waals surface area (Å²) in [4.78, 5) is 29.8. The molecule has 0 N–H and O–H groups in total. The highest BCUT2D eigenvalue weighted by Crippen LogP contribution is 2.32. The number of thiocarbonyl (C=S) groups is 1. The Balaban J connectivity index is 1.81. The van der Waals surface area contributed by atoms with E-state index in [1.54, 1.807) is 60.7 Å². The Morgan fingerprint density at radius 3 is 2.26 bits per heavy atom. The number of carbonyl (C=O) groups excluding carboxylic acids is 2. The molecule has 1 fully saturated rings. The summed E-state index contributed by atoms with van der Waals surface area (Å²) in [6.07, 6.45) is 1.51. The van der Waals surface area contributed by atoms with Gasteiger partial charge < -0.3 is 9.47 Å². The number of benzene rings is 3. The van der Waals surface area contributed by atoms with Crippen molar-refractivity contribution < 1.29 is 19.1 Å². The maximum Gasteiger partial charge on any atom is 0.270 e. The van der Waals surface area contributed by atoms with E-state index in [9.17, 15) is 9.59 Å². The quantitative estimate of drug-likeness (QED) is 0.232. The van der Waals surface area contributed by atoms with Crippen molar-refractivity contribution in [2.24, 2.45) is 0 Å². The van der Waals surface area contributed by atoms with E-state index in [1.165, 1.54) is 30.1 Å². The molecule has 3 aromatic carbocycles. The summed E-state index contributed by atoms with van der Waals surface area (Å²) < 4.78 is 10.6. The first-order chi connectivity index (χ1) is 16.8. The molecule has 0 bridgehead atoms. The first-order valence-electron chi connectivity index (χ1n) is 10.5. The summed E-state index contributed by atoms with van der Waals surface area (Å²) in [5.41, 5.74) is 1.71. The van der Waals surface area contributed by atoms with E-state index in [4.69, 9.17) is 44.9 Å². The Hall–Kier alpha value is -3.39. The lowest BCUT2D eigenvalue weighted by molar-refractivity contribution is -0.128. The van der Waals surface area contributed by atoms with Gasteiger partial charge in [-0.15, -0.1) is 0 Å². The maximum atomic E-state index is 13.6. The zero-order valence-electron chi connectivity index (χ0n) is 18.8. The monoisotopic (exact) mass is 526 g/mol. The normalized spacial score (nSPS) is 15.1. The Bertz CT molecular complexity index is 1340. The molecule has 0 radical (unpaired) electrons. The molecule has 0 saturated carbocycles. The number of carbonyl (C=O) groups is 2. The molecule has 0 unspecified atom stereocenters. The van der Waals surface area contributed by atoms with Crippen LogP contribution >= 0.6 is 35.4 Å². The van der Waals surface area contributed by atoms with Crippen LogP contribution in [0.15, 0.2) is 72.3 Å². The van der Waals surface area contributed by atoms with Crippen molar-refractivity contribution in [3.63, 3.8) is 0 Å². The van der Waals surface area contributed by atoms with Crippen molar-refractivity contribution in [1.82, 2.24) is 4.90 Å². The standard InChI is InChI=1S/C26H20Cl2N2O4S/c1-33-22-11-8-16(13-23(22)34-2)12-20-24(31)29(15-17-9-10-18(27)14-21(17)28)26(35)30(25(20)32)19-6-4-3-5-7-19/h3-14H,15H2,1-2H3/b20-12+. The van der Waals surface area contributed by atoms with Crippen LogP contribution in [-0.4, -0.2) is 36.0 Å². The number of methoxy groups -OCH3 is 2. The van der Waals surface area contributed by atoms with E-state index in [0.29, 0.717) is 38.4 Å². The fourth-order valence-corrected chi connectivity index (χ4v) is 4.45. The van der Waals surface area contributed by atoms with Gasteiger partial charge in [-0.3, -0.25) is 19.4 Å². The van der Waals surface area contributed by atoms with E-state index >= 15 is 0 Å². The van der Waals surface area contributed by atoms with Crippen molar-refractivity contribution in [1.29, 1.82) is 0 Å². The van der Waals surface area contributed by atoms with Crippen LogP contribution in [-0.2, 0) is 16.1 Å². The van der Waals surface area contributed by atoms with E-state index in [2.05, 4.69) is 0 Å². The van der Waals surface area contributed by atoms with Crippen molar-refractivity contribution in [2.45, 2.75) is 6.54 Å². The molecule has 1 saturated heterocycles. The number of rotatable bonds is 6. The number of nitrogens with zero attached hydrogens (tertiary/aromatic N) is 2. The lowest BCUT2D eigenvalue weighted by atomic mass is 10.0. The molecule has 9 heteroatoms. The molecule has 35 heavy (non-hydrogen) atoms. The van der Waals surface area contributed by atoms with E-state index in [1.807, 2.05) is 6.07 Å². The third-order valence-electron chi connectivity index (χ3n) is 5.41. The minimum atomic E-state index is -0.534. The molecule has 6 nitrogen and oxygen atoms in total.